The second-order valence-electron chi connectivity index (χ2n) is 3.20. The van der Waals surface area contributed by atoms with Gasteiger partial charge in [-0.15, -0.1) is 4.33 Å². The topological polar surface area (TPSA) is 88.8 Å². The molecule has 0 rings (SSSR count). The molecular weight excluding hydrogens is 272 g/mol. The van der Waals surface area contributed by atoms with Crippen molar-refractivity contribution in [3.8, 4) is 6.07 Å². The van der Waals surface area contributed by atoms with E-state index in [9.17, 15) is 13.6 Å². The highest BCUT2D eigenvalue weighted by Crippen LogP contribution is 2.31. The van der Waals surface area contributed by atoms with E-state index < -0.39 is 23.3 Å². The molecule has 0 aliphatic heterocycles. The summed E-state index contributed by atoms with van der Waals surface area (Å²) in [5.41, 5.74) is 0. The number of nitrogens with zero attached hydrogens (tertiary/aromatic N) is 1. The molecule has 0 aliphatic rings. The molecule has 0 unspecified atom stereocenters. The molecule has 0 spiro atoms. The second kappa shape index (κ2) is 10.0. The molecule has 104 valence electrons. The Balaban J connectivity index is 3.60. The van der Waals surface area contributed by atoms with Crippen LogP contribution in [0, 0.1) is 11.3 Å². The molecule has 0 aliphatic carbocycles. The molecule has 0 saturated heterocycles. The van der Waals surface area contributed by atoms with Crippen LogP contribution in [0.25, 0.3) is 0 Å². The number of ether oxygens (including phenoxy) is 1. The van der Waals surface area contributed by atoms with E-state index in [1.807, 2.05) is 6.07 Å². The van der Waals surface area contributed by atoms with Gasteiger partial charge < -0.3 is 4.74 Å². The summed E-state index contributed by atoms with van der Waals surface area (Å²) in [5, 5.41) is 15.0. The van der Waals surface area contributed by atoms with Crippen molar-refractivity contribution in [1.29, 1.82) is 5.26 Å². The van der Waals surface area contributed by atoms with Crippen molar-refractivity contribution in [2.24, 2.45) is 0 Å². The van der Waals surface area contributed by atoms with Gasteiger partial charge in [0.1, 0.15) is 12.0 Å². The third kappa shape index (κ3) is 8.19. The van der Waals surface area contributed by atoms with Gasteiger partial charge in [-0.25, -0.2) is 10.1 Å². The van der Waals surface area contributed by atoms with Gasteiger partial charge in [0.05, 0.1) is 12.7 Å². The molecule has 9 heteroatoms. The molecule has 1 N–H and O–H groups in total. The fraction of sp³-hybridized carbons (Fsp3) is 0.778. The fourth-order valence-corrected chi connectivity index (χ4v) is 1.24. The van der Waals surface area contributed by atoms with E-state index in [4.69, 9.17) is 10.5 Å². The minimum absolute atomic E-state index is 0.137. The molecular formula is C9H13F2NO5S. The summed E-state index contributed by atoms with van der Waals surface area (Å²) in [5.74, 6) is -1.76. The number of halogens is 2. The Morgan fingerprint density at radius 3 is 2.61 bits per heavy atom. The summed E-state index contributed by atoms with van der Waals surface area (Å²) in [6.07, 6.45) is 3.09. The molecule has 0 amide bonds. The maximum absolute atomic E-state index is 12.8. The molecule has 18 heavy (non-hydrogen) atoms. The summed E-state index contributed by atoms with van der Waals surface area (Å²) < 4.78 is 33.4. The first-order valence-electron chi connectivity index (χ1n) is 5.12. The minimum Gasteiger partial charge on any atom is -0.460 e. The Labute approximate surface area is 107 Å². The molecule has 0 heterocycles. The summed E-state index contributed by atoms with van der Waals surface area (Å²) in [6, 6.07) is 1.98. The van der Waals surface area contributed by atoms with Crippen molar-refractivity contribution in [2.45, 2.75) is 37.4 Å². The number of unbranched alkanes of at least 4 members (excludes halogenated alkanes) is 4. The number of hydrogen-bond acceptors (Lipinski definition) is 7. The Morgan fingerprint density at radius 1 is 1.33 bits per heavy atom. The fourth-order valence-electron chi connectivity index (χ4n) is 1.00. The molecule has 6 nitrogen and oxygen atoms in total. The highest BCUT2D eigenvalue weighted by Gasteiger charge is 2.44. The predicted octanol–water partition coefficient (Wildman–Crippen LogP) is 2.67. The molecule has 0 aromatic carbocycles. The van der Waals surface area contributed by atoms with E-state index in [2.05, 4.69) is 14.1 Å². The third-order valence-corrected chi connectivity index (χ3v) is 2.33. The van der Waals surface area contributed by atoms with E-state index in [0.29, 0.717) is 19.3 Å². The highest BCUT2D eigenvalue weighted by molar-refractivity contribution is 7.96. The second-order valence-corrected chi connectivity index (χ2v) is 4.02. The van der Waals surface area contributed by atoms with Crippen LogP contribution in [-0.4, -0.2) is 23.1 Å². The zero-order valence-corrected chi connectivity index (χ0v) is 10.3. The van der Waals surface area contributed by atoms with Gasteiger partial charge in [-0.05, 0) is 12.8 Å². The molecule has 0 aromatic heterocycles. The SMILES string of the molecule is N#CCCCCCCOC(=O)C(F)(F)SOOO. The molecule has 0 aromatic rings. The van der Waals surface area contributed by atoms with Crippen molar-refractivity contribution < 1.29 is 32.9 Å². The third-order valence-electron chi connectivity index (χ3n) is 1.82. The lowest BCUT2D eigenvalue weighted by Gasteiger charge is -2.11. The van der Waals surface area contributed by atoms with Gasteiger partial charge in [0.25, 0.3) is 0 Å². The Hall–Kier alpha value is -0.950. The first-order chi connectivity index (χ1) is 8.54. The zero-order chi connectivity index (χ0) is 13.9. The lowest BCUT2D eigenvalue weighted by atomic mass is 10.2. The van der Waals surface area contributed by atoms with E-state index in [1.54, 1.807) is 0 Å². The van der Waals surface area contributed by atoms with Crippen LogP contribution in [0.1, 0.15) is 32.1 Å². The van der Waals surface area contributed by atoms with Crippen LogP contribution in [0.3, 0.4) is 0 Å². The highest BCUT2D eigenvalue weighted by atomic mass is 32.2. The van der Waals surface area contributed by atoms with Gasteiger partial charge in [-0.3, -0.25) is 0 Å². The van der Waals surface area contributed by atoms with E-state index in [0.717, 1.165) is 12.8 Å². The predicted molar refractivity (Wildman–Crippen MR) is 57.0 cm³/mol. The Kier molecular flexibility index (Phi) is 9.49. The van der Waals surface area contributed by atoms with Crippen LogP contribution < -0.4 is 0 Å². The Bertz CT molecular complexity index is 285. The maximum atomic E-state index is 12.8. The number of nitriles is 1. The smallest absolute Gasteiger partial charge is 0.415 e. The number of carbonyl (C=O) groups is 1. The summed E-state index contributed by atoms with van der Waals surface area (Å²) >= 11 is -0.654. The van der Waals surface area contributed by atoms with Crippen molar-refractivity contribution in [3.05, 3.63) is 0 Å². The number of esters is 1. The average molecular weight is 285 g/mol. The van der Waals surface area contributed by atoms with Gasteiger partial charge in [0.15, 0.2) is 0 Å². The number of rotatable bonds is 10. The average Bonchev–Trinajstić information content (AvgIpc) is 2.35. The monoisotopic (exact) mass is 285 g/mol. The van der Waals surface area contributed by atoms with Crippen LogP contribution in [0.5, 0.6) is 0 Å². The number of alkyl halides is 2. The first-order valence-corrected chi connectivity index (χ1v) is 5.86. The largest absolute Gasteiger partial charge is 0.460 e. The quantitative estimate of drug-likeness (QED) is 0.217. The minimum atomic E-state index is -3.94. The van der Waals surface area contributed by atoms with Gasteiger partial charge >= 0.3 is 11.2 Å². The van der Waals surface area contributed by atoms with Crippen LogP contribution in [0.2, 0.25) is 0 Å². The molecule has 0 bridgehead atoms. The molecule has 0 saturated carbocycles. The van der Waals surface area contributed by atoms with Gasteiger partial charge in [-0.2, -0.15) is 14.0 Å². The lowest BCUT2D eigenvalue weighted by Crippen LogP contribution is -2.27. The first kappa shape index (κ1) is 17.1. The van der Waals surface area contributed by atoms with Crippen LogP contribution in [0.15, 0.2) is 0 Å². The summed E-state index contributed by atoms with van der Waals surface area (Å²) in [4.78, 5) is 10.9. The van der Waals surface area contributed by atoms with Crippen LogP contribution in [0.4, 0.5) is 8.78 Å². The Morgan fingerprint density at radius 2 is 2.00 bits per heavy atom. The van der Waals surface area contributed by atoms with Gasteiger partial charge in [-0.1, -0.05) is 17.9 Å². The normalized spacial score (nSPS) is 11.0. The molecule has 0 atom stereocenters. The lowest BCUT2D eigenvalue weighted by molar-refractivity contribution is -0.433. The number of hydrogen-bond donors (Lipinski definition) is 1. The standard InChI is InChI=1S/C9H13F2NO5S/c10-9(11,18-17-16-14)8(13)15-7-5-3-1-2-4-6-12/h14H,1-5,7H2. The van der Waals surface area contributed by atoms with E-state index in [1.165, 1.54) is 0 Å². The van der Waals surface area contributed by atoms with Gasteiger partial charge in [0, 0.05) is 6.42 Å². The summed E-state index contributed by atoms with van der Waals surface area (Å²) in [7, 11) is 0. The van der Waals surface area contributed by atoms with Gasteiger partial charge in [0.2, 0.25) is 0 Å². The van der Waals surface area contributed by atoms with E-state index >= 15 is 0 Å². The zero-order valence-electron chi connectivity index (χ0n) is 9.43. The molecule has 0 radical (unpaired) electrons. The van der Waals surface area contributed by atoms with Crippen molar-refractivity contribution in [1.82, 2.24) is 0 Å². The molecule has 0 fully saturated rings. The van der Waals surface area contributed by atoms with Crippen LogP contribution >= 0.6 is 12.0 Å². The van der Waals surface area contributed by atoms with Crippen molar-refractivity contribution >= 4 is 18.0 Å². The van der Waals surface area contributed by atoms with Crippen LogP contribution in [-0.2, 0) is 18.9 Å². The maximum Gasteiger partial charge on any atom is 0.415 e. The summed E-state index contributed by atoms with van der Waals surface area (Å²) in [6.45, 7) is -0.137. The van der Waals surface area contributed by atoms with Crippen molar-refractivity contribution in [2.75, 3.05) is 6.61 Å². The van der Waals surface area contributed by atoms with Crippen molar-refractivity contribution in [3.63, 3.8) is 0 Å². The van der Waals surface area contributed by atoms with E-state index in [-0.39, 0.29) is 6.61 Å². The number of carbonyl (C=O) groups excluding carboxylic acids is 1.